The van der Waals surface area contributed by atoms with Gasteiger partial charge in [-0.05, 0) is 17.7 Å². The van der Waals surface area contributed by atoms with Crippen molar-refractivity contribution in [2.24, 2.45) is 5.73 Å². The Kier molecular flexibility index (Phi) is 4.98. The number of benzene rings is 1. The molecule has 0 fully saturated rings. The van der Waals surface area contributed by atoms with Crippen molar-refractivity contribution in [3.05, 3.63) is 34.3 Å². The monoisotopic (exact) mass is 265 g/mol. The van der Waals surface area contributed by atoms with E-state index in [-0.39, 0.29) is 12.4 Å². The summed E-state index contributed by atoms with van der Waals surface area (Å²) in [4.78, 5) is 10.5. The molecule has 3 N–H and O–H groups in total. The Balaban J connectivity index is 0.00000144. The number of carboxylic acid groups (broad SMARTS) is 1. The minimum absolute atomic E-state index is 0. The number of aliphatic carboxylic acids is 1. The van der Waals surface area contributed by atoms with E-state index < -0.39 is 12.0 Å². The Bertz CT molecular complexity index is 306. The molecular formula is C8H9BrClNO2. The lowest BCUT2D eigenvalue weighted by atomic mass is 10.1. The first-order valence-electron chi connectivity index (χ1n) is 3.35. The summed E-state index contributed by atoms with van der Waals surface area (Å²) in [7, 11) is 0. The second-order valence-electron chi connectivity index (χ2n) is 2.37. The summed E-state index contributed by atoms with van der Waals surface area (Å²) in [6.45, 7) is 0. The van der Waals surface area contributed by atoms with Crippen LogP contribution < -0.4 is 5.73 Å². The number of carbonyl (C=O) groups is 1. The highest BCUT2D eigenvalue weighted by Gasteiger charge is 2.13. The molecule has 13 heavy (non-hydrogen) atoms. The van der Waals surface area contributed by atoms with Crippen LogP contribution in [-0.4, -0.2) is 11.1 Å². The minimum atomic E-state index is -1.02. The smallest absolute Gasteiger partial charge is 0.325 e. The summed E-state index contributed by atoms with van der Waals surface area (Å²) in [5.41, 5.74) is 5.98. The molecule has 72 valence electrons. The van der Waals surface area contributed by atoms with Crippen molar-refractivity contribution in [2.45, 2.75) is 6.04 Å². The Morgan fingerprint density at radius 1 is 1.54 bits per heavy atom. The molecule has 0 aliphatic heterocycles. The number of rotatable bonds is 2. The average Bonchev–Trinajstić information content (AvgIpc) is 2.03. The van der Waals surface area contributed by atoms with E-state index in [9.17, 15) is 4.79 Å². The van der Waals surface area contributed by atoms with Gasteiger partial charge in [-0.1, -0.05) is 28.1 Å². The van der Waals surface area contributed by atoms with Gasteiger partial charge in [0.2, 0.25) is 0 Å². The summed E-state index contributed by atoms with van der Waals surface area (Å²) in [6, 6.07) is 6.00. The van der Waals surface area contributed by atoms with Crippen LogP contribution in [0.15, 0.2) is 28.7 Å². The Hall–Kier alpha value is -0.580. The highest BCUT2D eigenvalue weighted by atomic mass is 79.9. The van der Waals surface area contributed by atoms with Crippen molar-refractivity contribution in [1.29, 1.82) is 0 Å². The number of hydrogen-bond acceptors (Lipinski definition) is 2. The molecule has 0 bridgehead atoms. The molecule has 0 saturated heterocycles. The van der Waals surface area contributed by atoms with Gasteiger partial charge in [0.25, 0.3) is 0 Å². The number of carboxylic acids is 1. The predicted molar refractivity (Wildman–Crippen MR) is 56.0 cm³/mol. The van der Waals surface area contributed by atoms with E-state index in [0.717, 1.165) is 4.47 Å². The van der Waals surface area contributed by atoms with E-state index in [1.165, 1.54) is 0 Å². The third kappa shape index (κ3) is 3.34. The molecule has 0 aliphatic rings. The van der Waals surface area contributed by atoms with E-state index in [2.05, 4.69) is 15.9 Å². The van der Waals surface area contributed by atoms with E-state index >= 15 is 0 Å². The highest BCUT2D eigenvalue weighted by molar-refractivity contribution is 9.10. The maximum absolute atomic E-state index is 10.5. The predicted octanol–water partition coefficient (Wildman–Crippen LogP) is 1.96. The Morgan fingerprint density at radius 3 is 2.62 bits per heavy atom. The van der Waals surface area contributed by atoms with E-state index in [1.54, 1.807) is 18.2 Å². The SMILES string of the molecule is Cl.N[C@@H](C(=O)O)c1cccc(Br)c1. The third-order valence-electron chi connectivity index (χ3n) is 1.47. The van der Waals surface area contributed by atoms with E-state index in [4.69, 9.17) is 10.8 Å². The highest BCUT2D eigenvalue weighted by Crippen LogP contribution is 2.16. The third-order valence-corrected chi connectivity index (χ3v) is 1.97. The van der Waals surface area contributed by atoms with Crippen LogP contribution in [0.25, 0.3) is 0 Å². The molecule has 0 amide bonds. The van der Waals surface area contributed by atoms with Crippen LogP contribution in [0.3, 0.4) is 0 Å². The molecule has 1 aromatic carbocycles. The van der Waals surface area contributed by atoms with Crippen LogP contribution in [0.1, 0.15) is 11.6 Å². The molecule has 0 aliphatic carbocycles. The standard InChI is InChI=1S/C8H8BrNO2.ClH/c9-6-3-1-2-5(4-6)7(10)8(11)12;/h1-4,7H,10H2,(H,11,12);1H/t7-;/m1./s1. The van der Waals surface area contributed by atoms with Gasteiger partial charge >= 0.3 is 5.97 Å². The summed E-state index contributed by atoms with van der Waals surface area (Å²) >= 11 is 3.23. The van der Waals surface area contributed by atoms with Crippen molar-refractivity contribution in [3.63, 3.8) is 0 Å². The van der Waals surface area contributed by atoms with Gasteiger partial charge in [-0.25, -0.2) is 0 Å². The van der Waals surface area contributed by atoms with Gasteiger partial charge in [0, 0.05) is 4.47 Å². The van der Waals surface area contributed by atoms with Crippen LogP contribution in [0.5, 0.6) is 0 Å². The molecular weight excluding hydrogens is 257 g/mol. The van der Waals surface area contributed by atoms with Crippen LogP contribution in [0.2, 0.25) is 0 Å². The van der Waals surface area contributed by atoms with Gasteiger partial charge in [0.05, 0.1) is 0 Å². The molecule has 3 nitrogen and oxygen atoms in total. The van der Waals surface area contributed by atoms with E-state index in [0.29, 0.717) is 5.56 Å². The van der Waals surface area contributed by atoms with Crippen molar-refractivity contribution in [3.8, 4) is 0 Å². The lowest BCUT2D eigenvalue weighted by Gasteiger charge is -2.05. The van der Waals surface area contributed by atoms with Crippen molar-refractivity contribution < 1.29 is 9.90 Å². The first-order valence-corrected chi connectivity index (χ1v) is 4.14. The molecule has 0 saturated carbocycles. The zero-order chi connectivity index (χ0) is 9.14. The molecule has 0 heterocycles. The number of halogens is 2. The zero-order valence-corrected chi connectivity index (χ0v) is 9.01. The maximum Gasteiger partial charge on any atom is 0.325 e. The van der Waals surface area contributed by atoms with Crippen LogP contribution >= 0.6 is 28.3 Å². The molecule has 1 atom stereocenters. The number of hydrogen-bond donors (Lipinski definition) is 2. The lowest BCUT2D eigenvalue weighted by Crippen LogP contribution is -2.20. The molecule has 0 unspecified atom stereocenters. The van der Waals surface area contributed by atoms with Crippen LogP contribution in [0, 0.1) is 0 Å². The quantitative estimate of drug-likeness (QED) is 0.860. The second kappa shape index (κ2) is 5.21. The van der Waals surface area contributed by atoms with Gasteiger partial charge < -0.3 is 10.8 Å². The fourth-order valence-corrected chi connectivity index (χ4v) is 1.26. The maximum atomic E-state index is 10.5. The summed E-state index contributed by atoms with van der Waals surface area (Å²) < 4.78 is 0.830. The first kappa shape index (κ1) is 12.4. The van der Waals surface area contributed by atoms with Crippen LogP contribution in [-0.2, 0) is 4.79 Å². The number of nitrogens with two attached hydrogens (primary N) is 1. The lowest BCUT2D eigenvalue weighted by molar-refractivity contribution is -0.138. The fourth-order valence-electron chi connectivity index (χ4n) is 0.843. The van der Waals surface area contributed by atoms with E-state index in [1.807, 2.05) is 6.07 Å². The van der Waals surface area contributed by atoms with Gasteiger partial charge in [0.15, 0.2) is 0 Å². The fraction of sp³-hybridized carbons (Fsp3) is 0.125. The molecule has 0 radical (unpaired) electrons. The molecule has 0 aromatic heterocycles. The largest absolute Gasteiger partial charge is 0.480 e. The van der Waals surface area contributed by atoms with Crippen molar-refractivity contribution >= 4 is 34.3 Å². The van der Waals surface area contributed by atoms with Gasteiger partial charge in [-0.3, -0.25) is 4.79 Å². The molecule has 1 aromatic rings. The van der Waals surface area contributed by atoms with Crippen molar-refractivity contribution in [2.75, 3.05) is 0 Å². The second-order valence-corrected chi connectivity index (χ2v) is 3.29. The summed E-state index contributed by atoms with van der Waals surface area (Å²) in [5, 5.41) is 8.59. The first-order chi connectivity index (χ1) is 5.61. The molecule has 5 heteroatoms. The summed E-state index contributed by atoms with van der Waals surface area (Å²) in [6.07, 6.45) is 0. The summed E-state index contributed by atoms with van der Waals surface area (Å²) in [5.74, 6) is -1.02. The topological polar surface area (TPSA) is 63.3 Å². The average molecular weight is 267 g/mol. The van der Waals surface area contributed by atoms with Crippen LogP contribution in [0.4, 0.5) is 0 Å². The Morgan fingerprint density at radius 2 is 2.15 bits per heavy atom. The van der Waals surface area contributed by atoms with Crippen molar-refractivity contribution in [1.82, 2.24) is 0 Å². The molecule has 0 spiro atoms. The molecule has 1 rings (SSSR count). The van der Waals surface area contributed by atoms with Gasteiger partial charge in [-0.15, -0.1) is 12.4 Å². The van der Waals surface area contributed by atoms with Gasteiger partial charge in [-0.2, -0.15) is 0 Å². The Labute approximate surface area is 90.5 Å². The van der Waals surface area contributed by atoms with Gasteiger partial charge in [0.1, 0.15) is 6.04 Å². The minimum Gasteiger partial charge on any atom is -0.480 e. The normalized spacial score (nSPS) is 11.5. The zero-order valence-electron chi connectivity index (χ0n) is 6.61.